The van der Waals surface area contributed by atoms with E-state index in [2.05, 4.69) is 10.6 Å². The molecule has 156 valence electrons. The van der Waals surface area contributed by atoms with Gasteiger partial charge in [-0.2, -0.15) is 0 Å². The Kier molecular flexibility index (Phi) is 9.40. The summed E-state index contributed by atoms with van der Waals surface area (Å²) in [4.78, 5) is 25.1. The summed E-state index contributed by atoms with van der Waals surface area (Å²) in [6, 6.07) is 8.59. The molecule has 1 aliphatic rings. The predicted molar refractivity (Wildman–Crippen MR) is 111 cm³/mol. The molecule has 2 rings (SSSR count). The lowest BCUT2D eigenvalue weighted by atomic mass is 9.86. The summed E-state index contributed by atoms with van der Waals surface area (Å²) in [5, 5.41) is 5.81. The lowest BCUT2D eigenvalue weighted by Gasteiger charge is -2.27. The number of nitrogens with two attached hydrogens (primary N) is 3. The van der Waals surface area contributed by atoms with Crippen molar-refractivity contribution in [2.24, 2.45) is 23.1 Å². The van der Waals surface area contributed by atoms with Crippen LogP contribution in [0.5, 0.6) is 0 Å². The minimum atomic E-state index is -0.699. The van der Waals surface area contributed by atoms with Gasteiger partial charge in [0.2, 0.25) is 11.8 Å². The van der Waals surface area contributed by atoms with Crippen LogP contribution in [-0.2, 0) is 16.0 Å². The van der Waals surface area contributed by atoms with Crippen molar-refractivity contribution in [3.63, 3.8) is 0 Å². The van der Waals surface area contributed by atoms with Gasteiger partial charge in [0.15, 0.2) is 0 Å². The van der Waals surface area contributed by atoms with Crippen molar-refractivity contribution >= 4 is 11.8 Å². The highest BCUT2D eigenvalue weighted by atomic mass is 16.2. The van der Waals surface area contributed by atoms with E-state index in [0.717, 1.165) is 31.2 Å². The number of hydrogen-bond donors (Lipinski definition) is 5. The van der Waals surface area contributed by atoms with Crippen LogP contribution in [-0.4, -0.2) is 43.0 Å². The van der Waals surface area contributed by atoms with Crippen LogP contribution in [0.4, 0.5) is 0 Å². The average molecular weight is 390 g/mol. The Morgan fingerprint density at radius 1 is 1.07 bits per heavy atom. The van der Waals surface area contributed by atoms with Gasteiger partial charge in [-0.25, -0.2) is 0 Å². The number of rotatable bonds is 10. The first-order chi connectivity index (χ1) is 13.5. The summed E-state index contributed by atoms with van der Waals surface area (Å²) in [6.07, 6.45) is 5.66. The fraction of sp³-hybridized carbons (Fsp3) is 0.619. The maximum Gasteiger partial charge on any atom is 0.242 e. The maximum absolute atomic E-state index is 12.6. The van der Waals surface area contributed by atoms with Crippen molar-refractivity contribution in [1.82, 2.24) is 10.6 Å². The molecule has 0 bridgehead atoms. The van der Waals surface area contributed by atoms with E-state index in [4.69, 9.17) is 17.2 Å². The third-order valence-corrected chi connectivity index (χ3v) is 5.42. The molecule has 1 fully saturated rings. The molecule has 1 aliphatic carbocycles. The summed E-state index contributed by atoms with van der Waals surface area (Å²) in [5.41, 5.74) is 18.6. The van der Waals surface area contributed by atoms with Gasteiger partial charge in [-0.3, -0.25) is 9.59 Å². The van der Waals surface area contributed by atoms with Crippen LogP contribution in [0.3, 0.4) is 0 Å². The highest BCUT2D eigenvalue weighted by molar-refractivity contribution is 5.89. The molecule has 1 unspecified atom stereocenters. The number of carbonyl (C=O) groups excluding carboxylic acids is 2. The first-order valence-corrected chi connectivity index (χ1v) is 10.3. The van der Waals surface area contributed by atoms with E-state index >= 15 is 0 Å². The minimum Gasteiger partial charge on any atom is -0.354 e. The molecule has 7 nitrogen and oxygen atoms in total. The highest BCUT2D eigenvalue weighted by Gasteiger charge is 2.25. The molecule has 1 saturated carbocycles. The van der Waals surface area contributed by atoms with Crippen molar-refractivity contribution in [2.45, 2.75) is 63.1 Å². The Bertz CT molecular complexity index is 602. The fourth-order valence-corrected chi connectivity index (χ4v) is 3.59. The Balaban J connectivity index is 1.84. The molecule has 0 aliphatic heterocycles. The Morgan fingerprint density at radius 2 is 1.75 bits per heavy atom. The zero-order valence-electron chi connectivity index (χ0n) is 16.6. The quantitative estimate of drug-likeness (QED) is 0.395. The number of nitrogens with one attached hydrogen (secondary N) is 2. The average Bonchev–Trinajstić information content (AvgIpc) is 2.71. The predicted octanol–water partition coefficient (Wildman–Crippen LogP) is 0.414. The molecule has 0 spiro atoms. The number of benzene rings is 1. The summed E-state index contributed by atoms with van der Waals surface area (Å²) in [6.45, 7) is 1.09. The molecule has 2 amide bonds. The second kappa shape index (κ2) is 11.8. The third kappa shape index (κ3) is 7.58. The molecule has 0 radical (unpaired) electrons. The zero-order chi connectivity index (χ0) is 20.4. The van der Waals surface area contributed by atoms with E-state index in [1.807, 2.05) is 30.3 Å². The van der Waals surface area contributed by atoms with E-state index in [1.165, 1.54) is 0 Å². The van der Waals surface area contributed by atoms with Gasteiger partial charge in [0.1, 0.15) is 6.04 Å². The monoisotopic (exact) mass is 389 g/mol. The third-order valence-electron chi connectivity index (χ3n) is 5.42. The lowest BCUT2D eigenvalue weighted by molar-refractivity contribution is -0.129. The fourth-order valence-electron chi connectivity index (χ4n) is 3.59. The molecular weight excluding hydrogens is 354 g/mol. The van der Waals surface area contributed by atoms with E-state index < -0.39 is 12.1 Å². The second-order valence-corrected chi connectivity index (χ2v) is 7.81. The van der Waals surface area contributed by atoms with Crippen LogP contribution < -0.4 is 27.8 Å². The molecule has 8 N–H and O–H groups in total. The van der Waals surface area contributed by atoms with E-state index in [-0.39, 0.29) is 17.9 Å². The zero-order valence-corrected chi connectivity index (χ0v) is 16.6. The van der Waals surface area contributed by atoms with Gasteiger partial charge < -0.3 is 27.8 Å². The van der Waals surface area contributed by atoms with Gasteiger partial charge in [0.25, 0.3) is 0 Å². The van der Waals surface area contributed by atoms with Gasteiger partial charge in [-0.05, 0) is 63.0 Å². The van der Waals surface area contributed by atoms with Crippen LogP contribution in [0.25, 0.3) is 0 Å². The molecule has 28 heavy (non-hydrogen) atoms. The van der Waals surface area contributed by atoms with Crippen molar-refractivity contribution in [1.29, 1.82) is 0 Å². The van der Waals surface area contributed by atoms with E-state index in [0.29, 0.717) is 38.3 Å². The van der Waals surface area contributed by atoms with Crippen LogP contribution in [0.15, 0.2) is 30.3 Å². The minimum absolute atomic E-state index is 0.163. The molecule has 2 atom stereocenters. The smallest absolute Gasteiger partial charge is 0.242 e. The summed E-state index contributed by atoms with van der Waals surface area (Å²) < 4.78 is 0. The molecule has 1 aromatic rings. The summed E-state index contributed by atoms with van der Waals surface area (Å²) >= 11 is 0. The standard InChI is InChI=1S/C21H35N5O2/c22-12-4-7-19(21(28)25-14-16-8-10-17(23)11-9-16)26-20(27)18(24)13-15-5-2-1-3-6-15/h1-3,5-6,16-19H,4,7-14,22-24H2,(H,25,28)(H,26,27)/t16?,17?,18?,19-/m0/s1. The first-order valence-electron chi connectivity index (χ1n) is 10.3. The SMILES string of the molecule is NCCC[C@H](NC(=O)C(N)Cc1ccccc1)C(=O)NCC1CCC(N)CC1. The largest absolute Gasteiger partial charge is 0.354 e. The van der Waals surface area contributed by atoms with Gasteiger partial charge in [0.05, 0.1) is 6.04 Å². The van der Waals surface area contributed by atoms with Crippen molar-refractivity contribution < 1.29 is 9.59 Å². The van der Waals surface area contributed by atoms with Crippen LogP contribution in [0.1, 0.15) is 44.1 Å². The van der Waals surface area contributed by atoms with Gasteiger partial charge in [0, 0.05) is 12.6 Å². The van der Waals surface area contributed by atoms with Crippen LogP contribution in [0, 0.1) is 5.92 Å². The topological polar surface area (TPSA) is 136 Å². The van der Waals surface area contributed by atoms with Gasteiger partial charge >= 0.3 is 0 Å². The highest BCUT2D eigenvalue weighted by Crippen LogP contribution is 2.22. The molecule has 0 aromatic heterocycles. The van der Waals surface area contributed by atoms with Gasteiger partial charge in [-0.15, -0.1) is 0 Å². The first kappa shape index (κ1) is 22.3. The summed E-state index contributed by atoms with van der Waals surface area (Å²) in [7, 11) is 0. The number of carbonyl (C=O) groups is 2. The van der Waals surface area contributed by atoms with Gasteiger partial charge in [-0.1, -0.05) is 30.3 Å². The number of amides is 2. The maximum atomic E-state index is 12.6. The van der Waals surface area contributed by atoms with Crippen molar-refractivity contribution in [3.05, 3.63) is 35.9 Å². The molecule has 7 heteroatoms. The van der Waals surface area contributed by atoms with Crippen LogP contribution >= 0.6 is 0 Å². The number of hydrogen-bond acceptors (Lipinski definition) is 5. The van der Waals surface area contributed by atoms with E-state index in [9.17, 15) is 9.59 Å². The second-order valence-electron chi connectivity index (χ2n) is 7.81. The lowest BCUT2D eigenvalue weighted by Crippen LogP contribution is -2.52. The molecule has 0 heterocycles. The van der Waals surface area contributed by atoms with Crippen molar-refractivity contribution in [3.8, 4) is 0 Å². The Hall–Kier alpha value is -1.96. The Morgan fingerprint density at radius 3 is 2.39 bits per heavy atom. The Labute approximate surface area is 167 Å². The van der Waals surface area contributed by atoms with E-state index in [1.54, 1.807) is 0 Å². The van der Waals surface area contributed by atoms with Crippen molar-refractivity contribution in [2.75, 3.05) is 13.1 Å². The summed E-state index contributed by atoms with van der Waals surface area (Å²) in [5.74, 6) is -0.0248. The molecule has 0 saturated heterocycles. The molecular formula is C21H35N5O2. The normalized spacial score (nSPS) is 21.5. The van der Waals surface area contributed by atoms with Crippen LogP contribution in [0.2, 0.25) is 0 Å². The molecule has 1 aromatic carbocycles.